The Labute approximate surface area is 259 Å². The summed E-state index contributed by atoms with van der Waals surface area (Å²) in [5.74, 6) is -9.47. The van der Waals surface area contributed by atoms with Gasteiger partial charge >= 0.3 is 18.5 Å². The molecule has 244 valence electrons. The summed E-state index contributed by atoms with van der Waals surface area (Å²) in [6, 6.07) is 2.75. The Morgan fingerprint density at radius 3 is 1.95 bits per heavy atom. The topological polar surface area (TPSA) is 106 Å². The predicted octanol–water partition coefficient (Wildman–Crippen LogP) is 7.32. The van der Waals surface area contributed by atoms with Crippen molar-refractivity contribution in [2.45, 2.75) is 36.8 Å². The Hall–Kier alpha value is -2.69. The zero-order valence-electron chi connectivity index (χ0n) is 21.9. The molecule has 0 spiro atoms. The van der Waals surface area contributed by atoms with Gasteiger partial charge in [0.1, 0.15) is 16.4 Å². The van der Waals surface area contributed by atoms with Crippen molar-refractivity contribution < 1.29 is 57.5 Å². The molecule has 44 heavy (non-hydrogen) atoms. The molecule has 2 aromatic rings. The average molecular weight is 722 g/mol. The van der Waals surface area contributed by atoms with Gasteiger partial charge in [0.25, 0.3) is 0 Å². The SMILES string of the molecule is CS(=O)(=O)CC[C@@H](C(=O)NCC(F)(F)F)c1c(/C=C/C(c2cc(Cl)c(Cl)c(Cl)c2)C(F)(F)F)ccc(C(N)=O)c1C(F)(F)F. The fourth-order valence-electron chi connectivity index (χ4n) is 4.08. The molecule has 0 aliphatic heterocycles. The van der Waals surface area contributed by atoms with Gasteiger partial charge in [0.05, 0.1) is 43.8 Å². The maximum absolute atomic E-state index is 14.4. The fraction of sp³-hybridized carbons (Fsp3) is 0.360. The molecule has 0 aliphatic carbocycles. The van der Waals surface area contributed by atoms with Gasteiger partial charge < -0.3 is 11.1 Å². The van der Waals surface area contributed by atoms with Crippen LogP contribution in [0, 0.1) is 0 Å². The van der Waals surface area contributed by atoms with Gasteiger partial charge in [-0.1, -0.05) is 53.0 Å². The van der Waals surface area contributed by atoms with E-state index in [1.54, 1.807) is 0 Å². The number of hydrogen-bond acceptors (Lipinski definition) is 4. The van der Waals surface area contributed by atoms with Crippen LogP contribution in [0.3, 0.4) is 0 Å². The summed E-state index contributed by atoms with van der Waals surface area (Å²) in [6.07, 6.45) is -15.3. The Morgan fingerprint density at radius 1 is 0.977 bits per heavy atom. The molecule has 2 atom stereocenters. The number of sulfone groups is 1. The van der Waals surface area contributed by atoms with Crippen LogP contribution in [0.25, 0.3) is 6.08 Å². The van der Waals surface area contributed by atoms with E-state index in [1.807, 2.05) is 0 Å². The highest BCUT2D eigenvalue weighted by Crippen LogP contribution is 2.44. The Balaban J connectivity index is 2.95. The molecule has 1 unspecified atom stereocenters. The van der Waals surface area contributed by atoms with Gasteiger partial charge in [-0.05, 0) is 41.3 Å². The first-order valence-corrected chi connectivity index (χ1v) is 15.0. The zero-order valence-corrected chi connectivity index (χ0v) is 25.0. The molecule has 6 nitrogen and oxygen atoms in total. The summed E-state index contributed by atoms with van der Waals surface area (Å²) >= 11 is 17.5. The number of carbonyl (C=O) groups is 2. The third-order valence-corrected chi connectivity index (χ3v) is 8.09. The second kappa shape index (κ2) is 13.7. The predicted molar refractivity (Wildman–Crippen MR) is 145 cm³/mol. The molecule has 2 rings (SSSR count). The molecule has 0 aromatic heterocycles. The molecule has 2 aromatic carbocycles. The molecule has 2 amide bonds. The monoisotopic (exact) mass is 720 g/mol. The van der Waals surface area contributed by atoms with Crippen LogP contribution in [-0.4, -0.2) is 51.1 Å². The van der Waals surface area contributed by atoms with E-state index >= 15 is 0 Å². The number of rotatable bonds is 10. The zero-order chi connectivity index (χ0) is 34.0. The molecule has 0 fully saturated rings. The molecule has 0 aliphatic rings. The van der Waals surface area contributed by atoms with Crippen LogP contribution in [0.15, 0.2) is 30.3 Å². The highest BCUT2D eigenvalue weighted by atomic mass is 35.5. The Morgan fingerprint density at radius 2 is 1.52 bits per heavy atom. The van der Waals surface area contributed by atoms with Crippen molar-refractivity contribution >= 4 is 62.5 Å². The van der Waals surface area contributed by atoms with Crippen LogP contribution in [-0.2, 0) is 20.8 Å². The number of nitrogens with one attached hydrogen (secondary N) is 1. The number of nitrogens with two attached hydrogens (primary N) is 1. The third-order valence-electron chi connectivity index (χ3n) is 5.92. The molecule has 0 saturated heterocycles. The van der Waals surface area contributed by atoms with Crippen LogP contribution in [0.1, 0.15) is 50.9 Å². The second-order valence-electron chi connectivity index (χ2n) is 9.33. The highest BCUT2D eigenvalue weighted by Gasteiger charge is 2.43. The van der Waals surface area contributed by atoms with Gasteiger partial charge in [0.15, 0.2) is 0 Å². The van der Waals surface area contributed by atoms with E-state index in [1.165, 1.54) is 5.32 Å². The largest absolute Gasteiger partial charge is 0.417 e. The summed E-state index contributed by atoms with van der Waals surface area (Å²) in [4.78, 5) is 24.9. The van der Waals surface area contributed by atoms with E-state index in [-0.39, 0.29) is 5.02 Å². The van der Waals surface area contributed by atoms with Gasteiger partial charge in [-0.15, -0.1) is 0 Å². The lowest BCUT2D eigenvalue weighted by Crippen LogP contribution is -2.38. The summed E-state index contributed by atoms with van der Waals surface area (Å²) < 4.78 is 148. The first-order chi connectivity index (χ1) is 19.8. The van der Waals surface area contributed by atoms with Crippen LogP contribution in [0.4, 0.5) is 39.5 Å². The number of allylic oxidation sites excluding steroid dienone is 1. The van der Waals surface area contributed by atoms with Gasteiger partial charge in [0, 0.05) is 6.26 Å². The molecule has 0 saturated carbocycles. The number of carbonyl (C=O) groups excluding carboxylic acids is 2. The van der Waals surface area contributed by atoms with Crippen LogP contribution < -0.4 is 11.1 Å². The van der Waals surface area contributed by atoms with E-state index in [0.717, 1.165) is 12.1 Å². The molecule has 0 bridgehead atoms. The Kier molecular flexibility index (Phi) is 11.7. The Bertz CT molecular complexity index is 1530. The van der Waals surface area contributed by atoms with Crippen molar-refractivity contribution in [2.24, 2.45) is 5.73 Å². The van der Waals surface area contributed by atoms with Gasteiger partial charge in [-0.3, -0.25) is 9.59 Å². The average Bonchev–Trinajstić information content (AvgIpc) is 2.83. The van der Waals surface area contributed by atoms with Gasteiger partial charge in [-0.25, -0.2) is 8.42 Å². The van der Waals surface area contributed by atoms with Crippen molar-refractivity contribution in [2.75, 3.05) is 18.6 Å². The van der Waals surface area contributed by atoms with E-state index in [9.17, 15) is 57.5 Å². The molecule has 3 N–H and O–H groups in total. The number of benzene rings is 2. The number of halogens is 12. The van der Waals surface area contributed by atoms with Crippen LogP contribution in [0.5, 0.6) is 0 Å². The maximum atomic E-state index is 14.4. The minimum atomic E-state index is -5.56. The second-order valence-corrected chi connectivity index (χ2v) is 12.8. The highest BCUT2D eigenvalue weighted by molar-refractivity contribution is 7.90. The number of amides is 2. The van der Waals surface area contributed by atoms with E-state index in [0.29, 0.717) is 30.5 Å². The smallest absolute Gasteiger partial charge is 0.366 e. The fourth-order valence-corrected chi connectivity index (χ4v) is 5.36. The quantitative estimate of drug-likeness (QED) is 0.198. The van der Waals surface area contributed by atoms with Crippen molar-refractivity contribution in [3.05, 3.63) is 73.2 Å². The normalized spacial score (nSPS) is 14.5. The standard InChI is InChI=1S/C25H20Cl3F9N2O4S/c1-44(42,43)7-6-13(22(41)39-10-23(29,30)31)18-11(2-4-14(21(38)40)19(18)25(35,36)37)3-5-15(24(32,33)34)12-8-16(26)20(28)17(27)9-12/h2-5,8-9,13,15H,6-7,10H2,1H3,(H2,38,40)(H,39,41)/b5-3+/t13-,15?/m1/s1. The van der Waals surface area contributed by atoms with Crippen molar-refractivity contribution in [1.29, 1.82) is 0 Å². The summed E-state index contributed by atoms with van der Waals surface area (Å²) in [5.41, 5.74) is -0.860. The summed E-state index contributed by atoms with van der Waals surface area (Å²) in [7, 11) is -4.06. The molecular formula is C25H20Cl3F9N2O4S. The molecular weight excluding hydrogens is 702 g/mol. The first-order valence-electron chi connectivity index (χ1n) is 11.8. The van der Waals surface area contributed by atoms with Crippen molar-refractivity contribution in [3.8, 4) is 0 Å². The van der Waals surface area contributed by atoms with Crippen molar-refractivity contribution in [3.63, 3.8) is 0 Å². The first kappa shape index (κ1) is 37.5. The van der Waals surface area contributed by atoms with E-state index in [2.05, 4.69) is 0 Å². The third kappa shape index (κ3) is 10.2. The molecule has 0 heterocycles. The molecule has 19 heteroatoms. The van der Waals surface area contributed by atoms with E-state index in [4.69, 9.17) is 40.5 Å². The minimum absolute atomic E-state index is 0.292. The number of alkyl halides is 9. The minimum Gasteiger partial charge on any atom is -0.366 e. The lowest BCUT2D eigenvalue weighted by molar-refractivity contribution is -0.142. The van der Waals surface area contributed by atoms with Gasteiger partial charge in [-0.2, -0.15) is 39.5 Å². The number of primary amides is 1. The lowest BCUT2D eigenvalue weighted by Gasteiger charge is -2.25. The van der Waals surface area contributed by atoms with Gasteiger partial charge in [0.2, 0.25) is 11.8 Å². The summed E-state index contributed by atoms with van der Waals surface area (Å²) in [5, 5.41) is 0.268. The van der Waals surface area contributed by atoms with E-state index < -0.39 is 109 Å². The summed E-state index contributed by atoms with van der Waals surface area (Å²) in [6.45, 7) is -2.04. The van der Waals surface area contributed by atoms with Crippen LogP contribution in [0.2, 0.25) is 15.1 Å². The maximum Gasteiger partial charge on any atom is 0.417 e. The molecule has 0 radical (unpaired) electrons. The van der Waals surface area contributed by atoms with Crippen molar-refractivity contribution in [1.82, 2.24) is 5.32 Å². The number of hydrogen-bond donors (Lipinski definition) is 2. The van der Waals surface area contributed by atoms with Crippen LogP contribution >= 0.6 is 34.8 Å². The lowest BCUT2D eigenvalue weighted by atomic mass is 9.83.